The zero-order valence-corrected chi connectivity index (χ0v) is 13.6. The minimum Gasteiger partial charge on any atom is -0.451 e. The summed E-state index contributed by atoms with van der Waals surface area (Å²) in [5, 5.41) is 5.60. The number of halogens is 1. The molecule has 0 fully saturated rings. The first kappa shape index (κ1) is 17.6. The van der Waals surface area contributed by atoms with E-state index in [-0.39, 0.29) is 11.6 Å². The van der Waals surface area contributed by atoms with Gasteiger partial charge in [0.2, 0.25) is 0 Å². The van der Waals surface area contributed by atoms with Crippen LogP contribution in [0.2, 0.25) is 5.02 Å². The van der Waals surface area contributed by atoms with Crippen LogP contribution in [0.3, 0.4) is 0 Å². The van der Waals surface area contributed by atoms with Crippen LogP contribution in [0.15, 0.2) is 36.5 Å². The van der Waals surface area contributed by atoms with Crippen molar-refractivity contribution in [1.82, 2.24) is 10.3 Å². The molecule has 0 saturated carbocycles. The van der Waals surface area contributed by atoms with E-state index in [0.29, 0.717) is 22.8 Å². The van der Waals surface area contributed by atoms with Crippen molar-refractivity contribution in [2.75, 3.05) is 18.5 Å². The second-order valence-corrected chi connectivity index (χ2v) is 5.23. The van der Waals surface area contributed by atoms with Crippen molar-refractivity contribution < 1.29 is 19.1 Å². The highest BCUT2D eigenvalue weighted by Gasteiger charge is 2.12. The van der Waals surface area contributed by atoms with Gasteiger partial charge in [-0.15, -0.1) is 0 Å². The molecule has 3 N–H and O–H groups in total. The molecule has 1 aromatic carbocycles. The summed E-state index contributed by atoms with van der Waals surface area (Å²) < 4.78 is 4.87. The Morgan fingerprint density at radius 3 is 2.71 bits per heavy atom. The number of anilines is 1. The average molecular weight is 350 g/mol. The van der Waals surface area contributed by atoms with Crippen LogP contribution in [0.5, 0.6) is 0 Å². The van der Waals surface area contributed by atoms with Gasteiger partial charge < -0.3 is 20.4 Å². The van der Waals surface area contributed by atoms with Gasteiger partial charge in [0.25, 0.3) is 11.8 Å². The standard InChI is InChI=1S/C16H16ClN3O4/c1-2-18-15(22)10-4-3-5-12(6-10)20-14(21)9-24-16(23)13-7-11(17)8-19-13/h3-8,19H,2,9H2,1H3,(H,18,22)(H,20,21). The molecule has 8 heteroatoms. The third-order valence-electron chi connectivity index (χ3n) is 2.95. The van der Waals surface area contributed by atoms with E-state index in [4.69, 9.17) is 16.3 Å². The second kappa shape index (κ2) is 8.16. The Morgan fingerprint density at radius 2 is 2.04 bits per heavy atom. The first-order valence-electron chi connectivity index (χ1n) is 7.18. The third-order valence-corrected chi connectivity index (χ3v) is 3.17. The number of hydrogen-bond donors (Lipinski definition) is 3. The molecule has 2 rings (SSSR count). The quantitative estimate of drug-likeness (QED) is 0.696. The molecule has 126 valence electrons. The zero-order valence-electron chi connectivity index (χ0n) is 12.9. The summed E-state index contributed by atoms with van der Waals surface area (Å²) in [6.45, 7) is 1.87. The number of H-pyrrole nitrogens is 1. The molecule has 0 radical (unpaired) electrons. The lowest BCUT2D eigenvalue weighted by atomic mass is 10.2. The number of carbonyl (C=O) groups excluding carboxylic acids is 3. The van der Waals surface area contributed by atoms with E-state index >= 15 is 0 Å². The lowest BCUT2D eigenvalue weighted by Crippen LogP contribution is -2.23. The number of hydrogen-bond acceptors (Lipinski definition) is 4. The summed E-state index contributed by atoms with van der Waals surface area (Å²) >= 11 is 5.69. The molecule has 0 bridgehead atoms. The van der Waals surface area contributed by atoms with Gasteiger partial charge in [-0.3, -0.25) is 9.59 Å². The smallest absolute Gasteiger partial charge is 0.355 e. The van der Waals surface area contributed by atoms with Gasteiger partial charge in [-0.1, -0.05) is 17.7 Å². The molecule has 7 nitrogen and oxygen atoms in total. The van der Waals surface area contributed by atoms with E-state index < -0.39 is 18.5 Å². The van der Waals surface area contributed by atoms with Gasteiger partial charge in [0.05, 0.1) is 5.02 Å². The normalized spacial score (nSPS) is 10.1. The fourth-order valence-corrected chi connectivity index (χ4v) is 2.06. The Bertz CT molecular complexity index is 757. The number of esters is 1. The molecule has 24 heavy (non-hydrogen) atoms. The number of rotatable bonds is 6. The fourth-order valence-electron chi connectivity index (χ4n) is 1.89. The van der Waals surface area contributed by atoms with Crippen molar-refractivity contribution in [2.45, 2.75) is 6.92 Å². The maximum Gasteiger partial charge on any atom is 0.355 e. The van der Waals surface area contributed by atoms with E-state index in [9.17, 15) is 14.4 Å². The lowest BCUT2D eigenvalue weighted by molar-refractivity contribution is -0.119. The van der Waals surface area contributed by atoms with Gasteiger partial charge in [-0.05, 0) is 31.2 Å². The largest absolute Gasteiger partial charge is 0.451 e. The van der Waals surface area contributed by atoms with Crippen molar-refractivity contribution in [1.29, 1.82) is 0 Å². The molecular weight excluding hydrogens is 334 g/mol. The Morgan fingerprint density at radius 1 is 1.25 bits per heavy atom. The van der Waals surface area contributed by atoms with Crippen LogP contribution in [0, 0.1) is 0 Å². The third kappa shape index (κ3) is 4.85. The summed E-state index contributed by atoms with van der Waals surface area (Å²) in [5.41, 5.74) is 1.02. The van der Waals surface area contributed by atoms with E-state index in [1.807, 2.05) is 6.92 Å². The van der Waals surface area contributed by atoms with Crippen molar-refractivity contribution in [2.24, 2.45) is 0 Å². The van der Waals surface area contributed by atoms with Crippen LogP contribution in [-0.2, 0) is 9.53 Å². The summed E-state index contributed by atoms with van der Waals surface area (Å²) in [7, 11) is 0. The first-order valence-corrected chi connectivity index (χ1v) is 7.56. The van der Waals surface area contributed by atoms with Gasteiger partial charge in [0.15, 0.2) is 6.61 Å². The van der Waals surface area contributed by atoms with Crippen LogP contribution in [-0.4, -0.2) is 35.9 Å². The highest BCUT2D eigenvalue weighted by Crippen LogP contribution is 2.12. The van der Waals surface area contributed by atoms with E-state index in [0.717, 1.165) is 0 Å². The van der Waals surface area contributed by atoms with E-state index in [1.165, 1.54) is 18.3 Å². The Labute approximate surface area is 143 Å². The Kier molecular flexibility index (Phi) is 5.97. The maximum absolute atomic E-state index is 11.8. The Balaban J connectivity index is 1.89. The van der Waals surface area contributed by atoms with Crippen LogP contribution >= 0.6 is 11.6 Å². The molecule has 2 amide bonds. The van der Waals surface area contributed by atoms with Gasteiger partial charge in [0, 0.05) is 24.0 Å². The monoisotopic (exact) mass is 349 g/mol. The molecule has 0 atom stereocenters. The van der Waals surface area contributed by atoms with Crippen molar-refractivity contribution in [3.05, 3.63) is 52.8 Å². The van der Waals surface area contributed by atoms with Crippen molar-refractivity contribution >= 4 is 35.1 Å². The molecule has 0 unspecified atom stereocenters. The molecule has 1 heterocycles. The number of ether oxygens (including phenoxy) is 1. The lowest BCUT2D eigenvalue weighted by Gasteiger charge is -2.08. The molecular formula is C16H16ClN3O4. The fraction of sp³-hybridized carbons (Fsp3) is 0.188. The SMILES string of the molecule is CCNC(=O)c1cccc(NC(=O)COC(=O)c2cc(Cl)c[nH]2)c1. The number of amides is 2. The molecule has 0 aliphatic heterocycles. The minimum absolute atomic E-state index is 0.158. The summed E-state index contributed by atoms with van der Waals surface area (Å²) in [6, 6.07) is 7.85. The predicted octanol–water partition coefficient (Wildman–Crippen LogP) is 2.21. The predicted molar refractivity (Wildman–Crippen MR) is 89.2 cm³/mol. The number of nitrogens with one attached hydrogen (secondary N) is 3. The molecule has 1 aromatic heterocycles. The van der Waals surface area contributed by atoms with Crippen LogP contribution < -0.4 is 10.6 Å². The molecule has 0 aliphatic rings. The van der Waals surface area contributed by atoms with Crippen LogP contribution in [0.4, 0.5) is 5.69 Å². The zero-order chi connectivity index (χ0) is 17.5. The van der Waals surface area contributed by atoms with Gasteiger partial charge >= 0.3 is 5.97 Å². The number of aromatic amines is 1. The van der Waals surface area contributed by atoms with Crippen LogP contribution in [0.25, 0.3) is 0 Å². The molecule has 0 spiro atoms. The van der Waals surface area contributed by atoms with E-state index in [1.54, 1.807) is 18.2 Å². The van der Waals surface area contributed by atoms with E-state index in [2.05, 4.69) is 15.6 Å². The van der Waals surface area contributed by atoms with Gasteiger partial charge in [0.1, 0.15) is 5.69 Å². The summed E-state index contributed by atoms with van der Waals surface area (Å²) in [5.74, 6) is -1.44. The van der Waals surface area contributed by atoms with Crippen LogP contribution in [0.1, 0.15) is 27.8 Å². The summed E-state index contributed by atoms with van der Waals surface area (Å²) in [6.07, 6.45) is 1.44. The topological polar surface area (TPSA) is 100 Å². The van der Waals surface area contributed by atoms with Gasteiger partial charge in [-0.2, -0.15) is 0 Å². The highest BCUT2D eigenvalue weighted by molar-refractivity contribution is 6.30. The van der Waals surface area contributed by atoms with Crippen molar-refractivity contribution in [3.8, 4) is 0 Å². The molecule has 2 aromatic rings. The molecule has 0 saturated heterocycles. The van der Waals surface area contributed by atoms with Crippen molar-refractivity contribution in [3.63, 3.8) is 0 Å². The molecule has 0 aliphatic carbocycles. The van der Waals surface area contributed by atoms with Gasteiger partial charge in [-0.25, -0.2) is 4.79 Å². The summed E-state index contributed by atoms with van der Waals surface area (Å²) in [4.78, 5) is 37.9. The first-order chi connectivity index (χ1) is 11.5. The second-order valence-electron chi connectivity index (χ2n) is 4.80. The number of benzene rings is 1. The maximum atomic E-state index is 11.8. The highest BCUT2D eigenvalue weighted by atomic mass is 35.5. The Hall–Kier alpha value is -2.80. The minimum atomic E-state index is -0.687. The average Bonchev–Trinajstić information content (AvgIpc) is 3.00. The number of carbonyl (C=O) groups is 3. The number of aromatic nitrogens is 1.